The molecule has 1 saturated heterocycles. The number of hydrogen-bond acceptors (Lipinski definition) is 8. The van der Waals surface area contributed by atoms with Gasteiger partial charge in [0.1, 0.15) is 5.65 Å². The minimum absolute atomic E-state index is 0.0232. The summed E-state index contributed by atoms with van der Waals surface area (Å²) in [5.41, 5.74) is -0.646. The highest BCUT2D eigenvalue weighted by molar-refractivity contribution is 7.92. The molecule has 0 spiro atoms. The molecule has 0 aromatic carbocycles. The number of aliphatic hydroxyl groups is 1. The standard InChI is InChI=1S/C24H36N6O4S/c1-24(32)12-6-7-20(24)30-21(31)9-8-18-17-25-23(27-22(18)30)26-19-10-14-29(15-11-19)35(33,34)16-5-4-13-28(2)3/h5,8-9,16-17,19-20,32H,4,6-7,10-15H2,1-3H3,(H,25,26,27)/b16-5+/t20-,24-/m1/s1. The molecule has 192 valence electrons. The van der Waals surface area contributed by atoms with Gasteiger partial charge in [0.15, 0.2) is 0 Å². The molecule has 11 heteroatoms. The summed E-state index contributed by atoms with van der Waals surface area (Å²) in [5.74, 6) is 0.402. The average molecular weight is 505 g/mol. The number of rotatable bonds is 8. The number of nitrogens with one attached hydrogen (secondary N) is 1. The number of fused-ring (bicyclic) bond motifs is 1. The molecule has 1 saturated carbocycles. The Balaban J connectivity index is 1.45. The molecular weight excluding hydrogens is 468 g/mol. The Morgan fingerprint density at radius 1 is 1.26 bits per heavy atom. The van der Waals surface area contributed by atoms with Gasteiger partial charge in [0.25, 0.3) is 5.56 Å². The highest BCUT2D eigenvalue weighted by Crippen LogP contribution is 2.39. The summed E-state index contributed by atoms with van der Waals surface area (Å²) in [6.07, 6.45) is 7.55. The highest BCUT2D eigenvalue weighted by atomic mass is 32.2. The predicted octanol–water partition coefficient (Wildman–Crippen LogP) is 1.94. The number of piperidine rings is 1. The normalized spacial score (nSPS) is 24.7. The van der Waals surface area contributed by atoms with Crippen LogP contribution in [0.15, 0.2) is 34.6 Å². The molecule has 2 aliphatic rings. The first-order valence-corrected chi connectivity index (χ1v) is 13.8. The Labute approximate surface area is 206 Å². The number of hydrogen-bond donors (Lipinski definition) is 2. The molecule has 10 nitrogen and oxygen atoms in total. The Bertz CT molecular complexity index is 1230. The molecule has 2 N–H and O–H groups in total. The zero-order chi connectivity index (χ0) is 25.2. The van der Waals surface area contributed by atoms with Crippen LogP contribution >= 0.6 is 0 Å². The molecule has 1 aliphatic heterocycles. The molecule has 3 heterocycles. The fourth-order valence-electron chi connectivity index (χ4n) is 4.99. The smallest absolute Gasteiger partial charge is 0.252 e. The van der Waals surface area contributed by atoms with Crippen molar-refractivity contribution in [3.63, 3.8) is 0 Å². The second-order valence-corrected chi connectivity index (χ2v) is 11.9. The molecule has 0 bridgehead atoms. The molecule has 4 rings (SSSR count). The van der Waals surface area contributed by atoms with E-state index < -0.39 is 15.6 Å². The lowest BCUT2D eigenvalue weighted by molar-refractivity contribution is 0.0267. The van der Waals surface area contributed by atoms with Gasteiger partial charge in [0.05, 0.1) is 11.6 Å². The fourth-order valence-corrected chi connectivity index (χ4v) is 6.26. The van der Waals surface area contributed by atoms with Gasteiger partial charge < -0.3 is 15.3 Å². The zero-order valence-electron chi connectivity index (χ0n) is 20.7. The van der Waals surface area contributed by atoms with E-state index in [1.807, 2.05) is 19.0 Å². The molecular formula is C24H36N6O4S. The van der Waals surface area contributed by atoms with Crippen molar-refractivity contribution in [1.82, 2.24) is 23.7 Å². The second-order valence-electron chi connectivity index (χ2n) is 10.1. The summed E-state index contributed by atoms with van der Waals surface area (Å²) in [4.78, 5) is 23.9. The summed E-state index contributed by atoms with van der Waals surface area (Å²) in [7, 11) is 0.487. The largest absolute Gasteiger partial charge is 0.388 e. The number of sulfonamides is 1. The van der Waals surface area contributed by atoms with Gasteiger partial charge in [-0.1, -0.05) is 6.08 Å². The van der Waals surface area contributed by atoms with Crippen LogP contribution in [0.5, 0.6) is 0 Å². The molecule has 0 radical (unpaired) electrons. The minimum atomic E-state index is -3.42. The van der Waals surface area contributed by atoms with E-state index in [2.05, 4.69) is 15.3 Å². The van der Waals surface area contributed by atoms with E-state index in [0.29, 0.717) is 50.4 Å². The van der Waals surface area contributed by atoms with E-state index in [-0.39, 0.29) is 17.6 Å². The van der Waals surface area contributed by atoms with Crippen LogP contribution in [0, 0.1) is 0 Å². The molecule has 2 atom stereocenters. The summed E-state index contributed by atoms with van der Waals surface area (Å²) in [6, 6.07) is 2.89. The maximum absolute atomic E-state index is 12.8. The Morgan fingerprint density at radius 3 is 2.66 bits per heavy atom. The lowest BCUT2D eigenvalue weighted by atomic mass is 10.00. The van der Waals surface area contributed by atoms with Crippen LogP contribution in [0.25, 0.3) is 11.0 Å². The van der Waals surface area contributed by atoms with Crippen LogP contribution in [-0.2, 0) is 10.0 Å². The van der Waals surface area contributed by atoms with Gasteiger partial charge in [-0.3, -0.25) is 9.36 Å². The van der Waals surface area contributed by atoms with Crippen LogP contribution in [-0.4, -0.2) is 82.6 Å². The van der Waals surface area contributed by atoms with Crippen molar-refractivity contribution >= 4 is 27.0 Å². The lowest BCUT2D eigenvalue weighted by Crippen LogP contribution is -2.41. The van der Waals surface area contributed by atoms with E-state index in [1.165, 1.54) is 15.8 Å². The number of aromatic nitrogens is 3. The first-order valence-electron chi connectivity index (χ1n) is 12.3. The van der Waals surface area contributed by atoms with Gasteiger partial charge in [0, 0.05) is 48.7 Å². The van der Waals surface area contributed by atoms with Crippen LogP contribution < -0.4 is 10.9 Å². The van der Waals surface area contributed by atoms with Crippen molar-refractivity contribution < 1.29 is 13.5 Å². The number of pyridine rings is 1. The molecule has 35 heavy (non-hydrogen) atoms. The van der Waals surface area contributed by atoms with Crippen LogP contribution in [0.1, 0.15) is 51.5 Å². The molecule has 1 aliphatic carbocycles. The third-order valence-corrected chi connectivity index (χ3v) is 8.64. The maximum atomic E-state index is 12.8. The van der Waals surface area contributed by atoms with Crippen LogP contribution in [0.2, 0.25) is 0 Å². The van der Waals surface area contributed by atoms with Gasteiger partial charge in [-0.2, -0.15) is 9.29 Å². The van der Waals surface area contributed by atoms with E-state index in [0.717, 1.165) is 24.8 Å². The quantitative estimate of drug-likeness (QED) is 0.560. The van der Waals surface area contributed by atoms with Gasteiger partial charge >= 0.3 is 0 Å². The third-order valence-electron chi connectivity index (χ3n) is 7.02. The van der Waals surface area contributed by atoms with Gasteiger partial charge in [-0.05, 0) is 65.6 Å². The summed E-state index contributed by atoms with van der Waals surface area (Å²) < 4.78 is 28.4. The maximum Gasteiger partial charge on any atom is 0.252 e. The molecule has 2 aromatic heterocycles. The molecule has 0 amide bonds. The Hall–Kier alpha value is -2.34. The first-order chi connectivity index (χ1) is 16.6. The summed E-state index contributed by atoms with van der Waals surface area (Å²) in [6.45, 7) is 3.41. The van der Waals surface area contributed by atoms with Crippen molar-refractivity contribution in [2.45, 2.75) is 63.1 Å². The van der Waals surface area contributed by atoms with E-state index >= 15 is 0 Å². The van der Waals surface area contributed by atoms with Crippen molar-refractivity contribution in [2.24, 2.45) is 0 Å². The lowest BCUT2D eigenvalue weighted by Gasteiger charge is -2.31. The van der Waals surface area contributed by atoms with Gasteiger partial charge in [0.2, 0.25) is 16.0 Å². The van der Waals surface area contributed by atoms with E-state index in [9.17, 15) is 18.3 Å². The monoisotopic (exact) mass is 504 g/mol. The number of anilines is 1. The van der Waals surface area contributed by atoms with E-state index in [4.69, 9.17) is 0 Å². The molecule has 0 unspecified atom stereocenters. The fraction of sp³-hybridized carbons (Fsp3) is 0.625. The Morgan fingerprint density at radius 2 is 2.00 bits per heavy atom. The van der Waals surface area contributed by atoms with Gasteiger partial charge in [-0.25, -0.2) is 13.4 Å². The second kappa shape index (κ2) is 10.3. The van der Waals surface area contributed by atoms with Crippen molar-refractivity contribution in [1.29, 1.82) is 0 Å². The predicted molar refractivity (Wildman–Crippen MR) is 137 cm³/mol. The topological polar surface area (TPSA) is 121 Å². The first kappa shape index (κ1) is 25.7. The summed E-state index contributed by atoms with van der Waals surface area (Å²) >= 11 is 0. The average Bonchev–Trinajstić information content (AvgIpc) is 3.15. The van der Waals surface area contributed by atoms with Gasteiger partial charge in [-0.15, -0.1) is 0 Å². The highest BCUT2D eigenvalue weighted by Gasteiger charge is 2.39. The SMILES string of the molecule is CN(C)CC/C=C/S(=O)(=O)N1CCC(Nc2ncc3ccc(=O)n([C@@H]4CCC[C@@]4(C)O)c3n2)CC1. The van der Waals surface area contributed by atoms with E-state index in [1.54, 1.807) is 29.8 Å². The van der Waals surface area contributed by atoms with Crippen LogP contribution in [0.4, 0.5) is 5.95 Å². The van der Waals surface area contributed by atoms with Crippen molar-refractivity contribution in [3.8, 4) is 0 Å². The summed E-state index contributed by atoms with van der Waals surface area (Å²) in [5, 5.41) is 16.2. The van der Waals surface area contributed by atoms with Crippen LogP contribution in [0.3, 0.4) is 0 Å². The number of nitrogens with zero attached hydrogens (tertiary/aromatic N) is 5. The zero-order valence-corrected chi connectivity index (χ0v) is 21.5. The molecule has 2 fully saturated rings. The Kier molecular flexibility index (Phi) is 7.60. The van der Waals surface area contributed by atoms with Crippen molar-refractivity contribution in [2.75, 3.05) is 39.0 Å². The molecule has 2 aromatic rings. The van der Waals surface area contributed by atoms with Crippen molar-refractivity contribution in [3.05, 3.63) is 40.2 Å². The minimum Gasteiger partial charge on any atom is -0.388 e. The third kappa shape index (κ3) is 5.91.